The molecule has 0 spiro atoms. The van der Waals surface area contributed by atoms with Gasteiger partial charge in [-0.3, -0.25) is 0 Å². The van der Waals surface area contributed by atoms with E-state index in [-0.39, 0.29) is 26.5 Å². The molecule has 0 atom stereocenters. The first-order valence-corrected chi connectivity index (χ1v) is 14.7. The zero-order valence-electron chi connectivity index (χ0n) is 25.4. The zero-order chi connectivity index (χ0) is 29.5. The van der Waals surface area contributed by atoms with E-state index >= 15 is 0 Å². The van der Waals surface area contributed by atoms with Crippen molar-refractivity contribution < 1.29 is 25.6 Å². The van der Waals surface area contributed by atoms with Crippen LogP contribution in [-0.2, 0) is 33.5 Å². The Balaban J connectivity index is 0.00000312. The molecule has 4 aromatic heterocycles. The summed E-state index contributed by atoms with van der Waals surface area (Å²) in [6.45, 7) is 9.06. The SMILES string of the molecule is Cc1n(-c2[c-]c(-n3c4ccccc4c4c(C(C)(C)C)c5c6ccccc6n(-c6[c-]cccc6)c5nc43)ccc2)cc[n+]1C.[Pt+2]. The van der Waals surface area contributed by atoms with E-state index in [4.69, 9.17) is 4.98 Å². The standard InChI is InChI=1S/C38H32N5.Pt/c1-25-40(5)22-23-41(25)27-16-13-17-28(24-27)43-32-21-12-10-19-30(32)34-35(38(2,3)4)33-29-18-9-11-20-31(29)42(36(33)39-37(34)43)26-14-7-6-8-15-26;/h6-14,16-23H,1-5H3;/q-1;+2. The second kappa shape index (κ2) is 10.3. The van der Waals surface area contributed by atoms with Crippen molar-refractivity contribution in [2.45, 2.75) is 33.1 Å². The Morgan fingerprint density at radius 1 is 0.705 bits per heavy atom. The number of pyridine rings is 1. The van der Waals surface area contributed by atoms with Gasteiger partial charge in [0.15, 0.2) is 0 Å². The van der Waals surface area contributed by atoms with Gasteiger partial charge in [0.25, 0.3) is 5.82 Å². The van der Waals surface area contributed by atoms with Crippen LogP contribution >= 0.6 is 0 Å². The summed E-state index contributed by atoms with van der Waals surface area (Å²) in [5.41, 5.74) is 8.19. The van der Waals surface area contributed by atoms with Crippen LogP contribution in [0.15, 0.2) is 103 Å². The van der Waals surface area contributed by atoms with E-state index in [2.05, 4.69) is 156 Å². The summed E-state index contributed by atoms with van der Waals surface area (Å²) in [4.78, 5) is 5.58. The predicted molar refractivity (Wildman–Crippen MR) is 175 cm³/mol. The van der Waals surface area contributed by atoms with Gasteiger partial charge in [0, 0.05) is 34.2 Å². The number of hydrogen-bond donors (Lipinski definition) is 0. The van der Waals surface area contributed by atoms with Crippen LogP contribution in [0.3, 0.4) is 0 Å². The third-order valence-electron chi connectivity index (χ3n) is 8.66. The third kappa shape index (κ3) is 4.10. The van der Waals surface area contributed by atoms with E-state index < -0.39 is 0 Å². The van der Waals surface area contributed by atoms with Gasteiger partial charge in [-0.05, 0) is 23.1 Å². The molecule has 4 heterocycles. The maximum absolute atomic E-state index is 5.58. The number of aromatic nitrogens is 5. The molecule has 0 aliphatic heterocycles. The van der Waals surface area contributed by atoms with E-state index in [0.717, 1.165) is 45.2 Å². The summed E-state index contributed by atoms with van der Waals surface area (Å²) in [7, 11) is 2.06. The van der Waals surface area contributed by atoms with Crippen molar-refractivity contribution in [3.05, 3.63) is 127 Å². The smallest absolute Gasteiger partial charge is 0.318 e. The fourth-order valence-corrected chi connectivity index (χ4v) is 6.67. The number of para-hydroxylation sites is 3. The number of fused-ring (bicyclic) bond motifs is 6. The molecule has 0 saturated carbocycles. The zero-order valence-corrected chi connectivity index (χ0v) is 27.6. The molecule has 0 unspecified atom stereocenters. The first-order chi connectivity index (χ1) is 20.8. The van der Waals surface area contributed by atoms with E-state index in [9.17, 15) is 0 Å². The summed E-state index contributed by atoms with van der Waals surface area (Å²) in [6.07, 6.45) is 4.16. The quantitative estimate of drug-likeness (QED) is 0.133. The van der Waals surface area contributed by atoms with Crippen LogP contribution < -0.4 is 4.57 Å². The van der Waals surface area contributed by atoms with Gasteiger partial charge in [0.2, 0.25) is 0 Å². The van der Waals surface area contributed by atoms with Crippen molar-refractivity contribution in [2.75, 3.05) is 0 Å². The van der Waals surface area contributed by atoms with Gasteiger partial charge in [-0.15, -0.1) is 24.3 Å². The fourth-order valence-electron chi connectivity index (χ4n) is 6.67. The van der Waals surface area contributed by atoms with Crippen LogP contribution in [0.2, 0.25) is 0 Å². The number of benzene rings is 4. The number of imidazole rings is 1. The Morgan fingerprint density at radius 2 is 1.27 bits per heavy atom. The number of rotatable bonds is 3. The van der Waals surface area contributed by atoms with Crippen molar-refractivity contribution in [1.29, 1.82) is 0 Å². The summed E-state index contributed by atoms with van der Waals surface area (Å²) in [6, 6.07) is 39.1. The summed E-state index contributed by atoms with van der Waals surface area (Å²) in [5, 5.41) is 4.79. The van der Waals surface area contributed by atoms with E-state index in [1.54, 1.807) is 0 Å². The van der Waals surface area contributed by atoms with Crippen LogP contribution in [0.1, 0.15) is 32.2 Å². The predicted octanol–water partition coefficient (Wildman–Crippen LogP) is 8.09. The van der Waals surface area contributed by atoms with Crippen LogP contribution in [-0.4, -0.2) is 18.7 Å². The minimum atomic E-state index is -0.160. The van der Waals surface area contributed by atoms with Gasteiger partial charge in [-0.25, -0.2) is 14.1 Å². The third-order valence-corrected chi connectivity index (χ3v) is 8.66. The average Bonchev–Trinajstić information content (AvgIpc) is 3.64. The van der Waals surface area contributed by atoms with Crippen LogP contribution in [0.4, 0.5) is 0 Å². The Labute approximate surface area is 271 Å². The Morgan fingerprint density at radius 3 is 1.84 bits per heavy atom. The maximum atomic E-state index is 5.58. The van der Waals surface area contributed by atoms with E-state index in [1.807, 2.05) is 12.1 Å². The first-order valence-electron chi connectivity index (χ1n) is 14.7. The fraction of sp³-hybridized carbons (Fsp3) is 0.158. The maximum Gasteiger partial charge on any atom is 2.00 e. The second-order valence-electron chi connectivity index (χ2n) is 12.3. The van der Waals surface area contributed by atoms with Crippen molar-refractivity contribution in [3.63, 3.8) is 0 Å². The van der Waals surface area contributed by atoms with Crippen molar-refractivity contribution >= 4 is 43.9 Å². The van der Waals surface area contributed by atoms with Gasteiger partial charge in [0.05, 0.1) is 18.1 Å². The monoisotopic (exact) mass is 753 g/mol. The first kappa shape index (κ1) is 28.3. The van der Waals surface area contributed by atoms with E-state index in [0.29, 0.717) is 0 Å². The second-order valence-corrected chi connectivity index (χ2v) is 12.3. The molecule has 218 valence electrons. The summed E-state index contributed by atoms with van der Waals surface area (Å²) in [5.74, 6) is 1.13. The molecule has 0 aliphatic carbocycles. The number of nitrogens with zero attached hydrogens (tertiary/aromatic N) is 5. The van der Waals surface area contributed by atoms with Gasteiger partial charge < -0.3 is 9.13 Å². The minimum Gasteiger partial charge on any atom is -0.318 e. The Bertz CT molecular complexity index is 2350. The molecule has 5 nitrogen and oxygen atoms in total. The minimum absolute atomic E-state index is 0. The molecule has 0 fully saturated rings. The molecule has 0 amide bonds. The molecular formula is C38H32N5Pt+. The van der Waals surface area contributed by atoms with E-state index in [1.165, 1.54) is 27.1 Å². The molecule has 6 heteroatoms. The molecule has 4 aromatic carbocycles. The molecule has 0 bridgehead atoms. The van der Waals surface area contributed by atoms with Crippen molar-refractivity contribution in [3.8, 4) is 17.1 Å². The largest absolute Gasteiger partial charge is 2.00 e. The normalized spacial score (nSPS) is 12.0. The van der Waals surface area contributed by atoms with Crippen LogP contribution in [0.25, 0.3) is 60.9 Å². The van der Waals surface area contributed by atoms with Gasteiger partial charge in [-0.2, -0.15) is 30.3 Å². The van der Waals surface area contributed by atoms with Gasteiger partial charge in [0.1, 0.15) is 23.7 Å². The Hall–Kier alpha value is -4.47. The summed E-state index contributed by atoms with van der Waals surface area (Å²) >= 11 is 0. The van der Waals surface area contributed by atoms with Crippen molar-refractivity contribution in [2.24, 2.45) is 7.05 Å². The molecule has 44 heavy (non-hydrogen) atoms. The molecule has 0 radical (unpaired) electrons. The molecule has 0 saturated heterocycles. The average molecular weight is 754 g/mol. The summed E-state index contributed by atoms with van der Waals surface area (Å²) < 4.78 is 8.85. The molecule has 8 aromatic rings. The molecular weight excluding hydrogens is 722 g/mol. The molecule has 0 N–H and O–H groups in total. The van der Waals surface area contributed by atoms with Crippen LogP contribution in [0.5, 0.6) is 0 Å². The Kier molecular flexibility index (Phi) is 6.64. The number of hydrogen-bond acceptors (Lipinski definition) is 1. The topological polar surface area (TPSA) is 31.6 Å². The van der Waals surface area contributed by atoms with Gasteiger partial charge >= 0.3 is 21.1 Å². The van der Waals surface area contributed by atoms with Crippen LogP contribution in [0, 0.1) is 19.1 Å². The van der Waals surface area contributed by atoms with Crippen molar-refractivity contribution in [1.82, 2.24) is 18.7 Å². The molecule has 8 rings (SSSR count). The molecule has 0 aliphatic rings. The van der Waals surface area contributed by atoms with Gasteiger partial charge in [-0.1, -0.05) is 68.5 Å². The number of aryl methyl sites for hydroxylation is 1.